The highest BCUT2D eigenvalue weighted by Gasteiger charge is 2.45. The number of hydrogen-bond acceptors (Lipinski definition) is 2. The van der Waals surface area contributed by atoms with Gasteiger partial charge in [-0.2, -0.15) is 0 Å². The predicted molar refractivity (Wildman–Crippen MR) is 68.0 cm³/mol. The molecule has 0 saturated heterocycles. The van der Waals surface area contributed by atoms with Crippen LogP contribution in [0.2, 0.25) is 5.02 Å². The third kappa shape index (κ3) is 2.90. The highest BCUT2D eigenvalue weighted by Crippen LogP contribution is 2.45. The van der Waals surface area contributed by atoms with Crippen LogP contribution in [0, 0.1) is 0 Å². The predicted octanol–water partition coefficient (Wildman–Crippen LogP) is 1.59. The molecule has 1 aromatic rings. The van der Waals surface area contributed by atoms with Crippen molar-refractivity contribution in [2.75, 3.05) is 13.1 Å². The smallest absolute Gasteiger partial charge is 0.315 e. The molecule has 2 amide bonds. The number of nitrogens with one attached hydrogen (secondary N) is 2. The second-order valence-corrected chi connectivity index (χ2v) is 4.70. The standard InChI is InChI=1S/C12H16ClN3O/c13-10-3-1-2-9(8-10)12(4-5-12)16-11(17)15-7-6-14/h1-3,8H,4-7,14H2,(H2,15,16,17). The van der Waals surface area contributed by atoms with E-state index >= 15 is 0 Å². The van der Waals surface area contributed by atoms with E-state index in [9.17, 15) is 4.79 Å². The molecule has 4 N–H and O–H groups in total. The Morgan fingerprint density at radius 2 is 2.24 bits per heavy atom. The second kappa shape index (κ2) is 4.94. The van der Waals surface area contributed by atoms with Gasteiger partial charge in [-0.25, -0.2) is 4.79 Å². The van der Waals surface area contributed by atoms with E-state index in [1.54, 1.807) is 0 Å². The molecule has 92 valence electrons. The van der Waals surface area contributed by atoms with Crippen LogP contribution in [-0.2, 0) is 5.54 Å². The van der Waals surface area contributed by atoms with Crippen molar-refractivity contribution >= 4 is 17.6 Å². The first-order chi connectivity index (χ1) is 8.16. The van der Waals surface area contributed by atoms with Gasteiger partial charge in [0, 0.05) is 18.1 Å². The van der Waals surface area contributed by atoms with Crippen molar-refractivity contribution in [1.82, 2.24) is 10.6 Å². The molecule has 1 aromatic carbocycles. The van der Waals surface area contributed by atoms with Gasteiger partial charge < -0.3 is 16.4 Å². The number of carbonyl (C=O) groups is 1. The number of urea groups is 1. The molecule has 2 rings (SSSR count). The summed E-state index contributed by atoms with van der Waals surface area (Å²) in [6, 6.07) is 7.44. The number of hydrogen-bond donors (Lipinski definition) is 3. The summed E-state index contributed by atoms with van der Waals surface area (Å²) in [5, 5.41) is 6.38. The molecule has 5 heteroatoms. The van der Waals surface area contributed by atoms with E-state index in [4.69, 9.17) is 17.3 Å². The Labute approximate surface area is 106 Å². The average Bonchev–Trinajstić information content (AvgIpc) is 3.07. The summed E-state index contributed by atoms with van der Waals surface area (Å²) in [7, 11) is 0. The van der Waals surface area contributed by atoms with Crippen molar-refractivity contribution in [1.29, 1.82) is 0 Å². The maximum atomic E-state index is 11.6. The van der Waals surface area contributed by atoms with Gasteiger partial charge in [0.05, 0.1) is 5.54 Å². The number of nitrogens with two attached hydrogens (primary N) is 1. The Hall–Kier alpha value is -1.26. The van der Waals surface area contributed by atoms with E-state index in [2.05, 4.69) is 10.6 Å². The Bertz CT molecular complexity index is 418. The van der Waals surface area contributed by atoms with Crippen LogP contribution in [0.4, 0.5) is 4.79 Å². The van der Waals surface area contributed by atoms with Gasteiger partial charge >= 0.3 is 6.03 Å². The third-order valence-electron chi connectivity index (χ3n) is 2.91. The maximum absolute atomic E-state index is 11.6. The van der Waals surface area contributed by atoms with Gasteiger partial charge in [0.15, 0.2) is 0 Å². The second-order valence-electron chi connectivity index (χ2n) is 4.26. The molecule has 1 aliphatic rings. The number of halogens is 1. The molecule has 0 bridgehead atoms. The zero-order valence-electron chi connectivity index (χ0n) is 9.50. The fourth-order valence-electron chi connectivity index (χ4n) is 1.84. The maximum Gasteiger partial charge on any atom is 0.315 e. The van der Waals surface area contributed by atoms with Crippen LogP contribution < -0.4 is 16.4 Å². The molecule has 0 heterocycles. The Kier molecular flexibility index (Phi) is 3.54. The number of benzene rings is 1. The van der Waals surface area contributed by atoms with Crippen molar-refractivity contribution in [2.45, 2.75) is 18.4 Å². The molecular weight excluding hydrogens is 238 g/mol. The zero-order valence-corrected chi connectivity index (χ0v) is 10.3. The summed E-state index contributed by atoms with van der Waals surface area (Å²) in [6.45, 7) is 0.926. The number of rotatable bonds is 4. The van der Waals surface area contributed by atoms with Crippen molar-refractivity contribution in [3.8, 4) is 0 Å². The highest BCUT2D eigenvalue weighted by molar-refractivity contribution is 6.30. The molecule has 0 atom stereocenters. The molecule has 0 radical (unpaired) electrons. The normalized spacial score (nSPS) is 16.4. The zero-order chi connectivity index (χ0) is 12.3. The van der Waals surface area contributed by atoms with Crippen LogP contribution in [0.5, 0.6) is 0 Å². The first-order valence-corrected chi connectivity index (χ1v) is 6.06. The third-order valence-corrected chi connectivity index (χ3v) is 3.15. The SMILES string of the molecule is NCCNC(=O)NC1(c2cccc(Cl)c2)CC1. The Morgan fingerprint density at radius 1 is 1.47 bits per heavy atom. The first kappa shape index (κ1) is 12.2. The quantitative estimate of drug-likeness (QED) is 0.763. The summed E-state index contributed by atoms with van der Waals surface area (Å²) < 4.78 is 0. The van der Waals surface area contributed by atoms with Crippen LogP contribution in [-0.4, -0.2) is 19.1 Å². The van der Waals surface area contributed by atoms with E-state index in [0.717, 1.165) is 18.4 Å². The van der Waals surface area contributed by atoms with Gasteiger partial charge in [0.1, 0.15) is 0 Å². The average molecular weight is 254 g/mol. The monoisotopic (exact) mass is 253 g/mol. The van der Waals surface area contributed by atoms with E-state index in [-0.39, 0.29) is 11.6 Å². The molecule has 1 saturated carbocycles. The van der Waals surface area contributed by atoms with Gasteiger partial charge in [0.2, 0.25) is 0 Å². The lowest BCUT2D eigenvalue weighted by Crippen LogP contribution is -2.43. The highest BCUT2D eigenvalue weighted by atomic mass is 35.5. The minimum atomic E-state index is -0.233. The van der Waals surface area contributed by atoms with E-state index < -0.39 is 0 Å². The van der Waals surface area contributed by atoms with Gasteiger partial charge in [-0.05, 0) is 30.5 Å². The molecule has 17 heavy (non-hydrogen) atoms. The fourth-order valence-corrected chi connectivity index (χ4v) is 2.03. The van der Waals surface area contributed by atoms with E-state index in [0.29, 0.717) is 18.1 Å². The van der Waals surface area contributed by atoms with Gasteiger partial charge in [-0.3, -0.25) is 0 Å². The van der Waals surface area contributed by atoms with Gasteiger partial charge in [0.25, 0.3) is 0 Å². The van der Waals surface area contributed by atoms with Gasteiger partial charge in [-0.1, -0.05) is 23.7 Å². The summed E-state index contributed by atoms with van der Waals surface area (Å²) in [4.78, 5) is 11.6. The first-order valence-electron chi connectivity index (χ1n) is 5.68. The Morgan fingerprint density at radius 3 is 2.82 bits per heavy atom. The minimum Gasteiger partial charge on any atom is -0.337 e. The van der Waals surface area contributed by atoms with Crippen LogP contribution in [0.15, 0.2) is 24.3 Å². The summed E-state index contributed by atoms with van der Waals surface area (Å²) in [5.74, 6) is 0. The van der Waals surface area contributed by atoms with Crippen molar-refractivity contribution in [3.05, 3.63) is 34.9 Å². The molecule has 0 aromatic heterocycles. The van der Waals surface area contributed by atoms with Crippen LogP contribution in [0.25, 0.3) is 0 Å². The summed E-state index contributed by atoms with van der Waals surface area (Å²) in [6.07, 6.45) is 1.90. The number of carbonyl (C=O) groups excluding carboxylic acids is 1. The van der Waals surface area contributed by atoms with Gasteiger partial charge in [-0.15, -0.1) is 0 Å². The summed E-state index contributed by atoms with van der Waals surface area (Å²) in [5.41, 5.74) is 6.16. The molecule has 0 spiro atoms. The van der Waals surface area contributed by atoms with Crippen LogP contribution in [0.1, 0.15) is 18.4 Å². The molecule has 4 nitrogen and oxygen atoms in total. The molecule has 0 unspecified atom stereocenters. The molecular formula is C12H16ClN3O. The molecule has 1 aliphatic carbocycles. The largest absolute Gasteiger partial charge is 0.337 e. The van der Waals surface area contributed by atoms with Crippen LogP contribution >= 0.6 is 11.6 Å². The topological polar surface area (TPSA) is 67.1 Å². The van der Waals surface area contributed by atoms with E-state index in [1.165, 1.54) is 0 Å². The minimum absolute atomic E-state index is 0.173. The molecule has 1 fully saturated rings. The van der Waals surface area contributed by atoms with E-state index in [1.807, 2.05) is 24.3 Å². The fraction of sp³-hybridized carbons (Fsp3) is 0.417. The van der Waals surface area contributed by atoms with Crippen LogP contribution in [0.3, 0.4) is 0 Å². The van der Waals surface area contributed by atoms with Crippen molar-refractivity contribution in [3.63, 3.8) is 0 Å². The number of amides is 2. The van der Waals surface area contributed by atoms with Crippen molar-refractivity contribution < 1.29 is 4.79 Å². The lowest BCUT2D eigenvalue weighted by atomic mass is 10.1. The lowest BCUT2D eigenvalue weighted by Gasteiger charge is -2.18. The summed E-state index contributed by atoms with van der Waals surface area (Å²) >= 11 is 5.95. The lowest BCUT2D eigenvalue weighted by molar-refractivity contribution is 0.236. The molecule has 0 aliphatic heterocycles. The van der Waals surface area contributed by atoms with Crippen molar-refractivity contribution in [2.24, 2.45) is 5.73 Å². The Balaban J connectivity index is 2.02.